The maximum atomic E-state index is 11.2. The van der Waals surface area contributed by atoms with Crippen LogP contribution >= 0.6 is 11.6 Å². The van der Waals surface area contributed by atoms with Crippen molar-refractivity contribution in [2.45, 2.75) is 0 Å². The SMILES string of the molecule is CNNc1cnn(C)c(=O)c1Cl. The van der Waals surface area contributed by atoms with Crippen LogP contribution in [0.4, 0.5) is 5.69 Å². The molecule has 0 aliphatic heterocycles. The standard InChI is InChI=1S/C6H9ClN4O/c1-8-10-4-3-9-11(2)6(12)5(4)7/h3,8,10H,1-2H3. The second-order valence-corrected chi connectivity index (χ2v) is 2.55. The number of aromatic nitrogens is 2. The van der Waals surface area contributed by atoms with Gasteiger partial charge in [-0.1, -0.05) is 11.6 Å². The highest BCUT2D eigenvalue weighted by molar-refractivity contribution is 6.32. The molecule has 0 atom stereocenters. The van der Waals surface area contributed by atoms with Gasteiger partial charge in [-0.2, -0.15) is 5.10 Å². The van der Waals surface area contributed by atoms with Crippen molar-refractivity contribution in [2.24, 2.45) is 7.05 Å². The van der Waals surface area contributed by atoms with Gasteiger partial charge in [-0.3, -0.25) is 4.79 Å². The Hall–Kier alpha value is -1.07. The maximum absolute atomic E-state index is 11.2. The highest BCUT2D eigenvalue weighted by Crippen LogP contribution is 2.12. The summed E-state index contributed by atoms with van der Waals surface area (Å²) in [6.45, 7) is 0. The van der Waals surface area contributed by atoms with Crippen molar-refractivity contribution in [1.29, 1.82) is 0 Å². The quantitative estimate of drug-likeness (QED) is 0.641. The molecule has 0 saturated heterocycles. The molecule has 0 aliphatic rings. The van der Waals surface area contributed by atoms with Crippen molar-refractivity contribution in [3.05, 3.63) is 21.6 Å². The average molecular weight is 189 g/mol. The average Bonchev–Trinajstić information content (AvgIpc) is 2.07. The van der Waals surface area contributed by atoms with Gasteiger partial charge in [0.15, 0.2) is 0 Å². The molecule has 0 radical (unpaired) electrons. The van der Waals surface area contributed by atoms with E-state index in [4.69, 9.17) is 11.6 Å². The first kappa shape index (κ1) is 9.02. The lowest BCUT2D eigenvalue weighted by molar-refractivity contribution is 0.707. The zero-order valence-corrected chi connectivity index (χ0v) is 7.51. The molecule has 2 N–H and O–H groups in total. The lowest BCUT2D eigenvalue weighted by atomic mass is 10.5. The van der Waals surface area contributed by atoms with Crippen molar-refractivity contribution in [3.63, 3.8) is 0 Å². The Morgan fingerprint density at radius 2 is 2.33 bits per heavy atom. The molecule has 6 heteroatoms. The molecule has 1 rings (SSSR count). The molecule has 0 spiro atoms. The van der Waals surface area contributed by atoms with E-state index in [9.17, 15) is 4.79 Å². The van der Waals surface area contributed by atoms with E-state index in [1.165, 1.54) is 17.9 Å². The molecule has 0 amide bonds. The summed E-state index contributed by atoms with van der Waals surface area (Å²) < 4.78 is 1.17. The van der Waals surface area contributed by atoms with E-state index in [1.807, 2.05) is 0 Å². The number of hydrogen-bond donors (Lipinski definition) is 2. The van der Waals surface area contributed by atoms with Gasteiger partial charge in [0.25, 0.3) is 5.56 Å². The summed E-state index contributed by atoms with van der Waals surface area (Å²) in [5, 5.41) is 3.90. The first-order chi connectivity index (χ1) is 5.66. The molecular formula is C6H9ClN4O. The molecule has 0 bridgehead atoms. The first-order valence-electron chi connectivity index (χ1n) is 3.31. The van der Waals surface area contributed by atoms with Crippen LogP contribution in [0, 0.1) is 0 Å². The fourth-order valence-corrected chi connectivity index (χ4v) is 0.951. The van der Waals surface area contributed by atoms with Crippen LogP contribution < -0.4 is 16.4 Å². The third kappa shape index (κ3) is 1.57. The molecule has 0 saturated carbocycles. The normalized spacial score (nSPS) is 9.92. The minimum Gasteiger partial charge on any atom is -0.319 e. The molecule has 0 unspecified atom stereocenters. The molecule has 0 aliphatic carbocycles. The van der Waals surface area contributed by atoms with Crippen LogP contribution in [0.25, 0.3) is 0 Å². The van der Waals surface area contributed by atoms with Crippen molar-refractivity contribution in [2.75, 3.05) is 12.5 Å². The van der Waals surface area contributed by atoms with Gasteiger partial charge >= 0.3 is 0 Å². The molecule has 66 valence electrons. The summed E-state index contributed by atoms with van der Waals surface area (Å²) in [5.41, 5.74) is 5.49. The highest BCUT2D eigenvalue weighted by atomic mass is 35.5. The summed E-state index contributed by atoms with van der Waals surface area (Å²) >= 11 is 5.70. The third-order valence-corrected chi connectivity index (χ3v) is 1.70. The highest BCUT2D eigenvalue weighted by Gasteiger charge is 2.04. The predicted molar refractivity (Wildman–Crippen MR) is 47.2 cm³/mol. The van der Waals surface area contributed by atoms with Crippen LogP contribution in [0.2, 0.25) is 5.02 Å². The van der Waals surface area contributed by atoms with Crippen molar-refractivity contribution in [1.82, 2.24) is 15.2 Å². The van der Waals surface area contributed by atoms with Gasteiger partial charge in [0, 0.05) is 14.1 Å². The van der Waals surface area contributed by atoms with Gasteiger partial charge in [-0.15, -0.1) is 0 Å². The fourth-order valence-electron chi connectivity index (χ4n) is 0.733. The van der Waals surface area contributed by atoms with E-state index in [2.05, 4.69) is 16.0 Å². The molecule has 5 nitrogen and oxygen atoms in total. The smallest absolute Gasteiger partial charge is 0.287 e. The van der Waals surface area contributed by atoms with E-state index >= 15 is 0 Å². The maximum Gasteiger partial charge on any atom is 0.287 e. The summed E-state index contributed by atoms with van der Waals surface area (Å²) in [6.07, 6.45) is 1.47. The van der Waals surface area contributed by atoms with Crippen LogP contribution in [0.3, 0.4) is 0 Å². The minimum atomic E-state index is -0.322. The number of nitrogens with one attached hydrogen (secondary N) is 2. The second kappa shape index (κ2) is 3.55. The molecular weight excluding hydrogens is 180 g/mol. The van der Waals surface area contributed by atoms with Crippen molar-refractivity contribution in [3.8, 4) is 0 Å². The Balaban J connectivity index is 3.18. The minimum absolute atomic E-state index is 0.127. The lowest BCUT2D eigenvalue weighted by Crippen LogP contribution is -2.24. The second-order valence-electron chi connectivity index (χ2n) is 2.18. The first-order valence-corrected chi connectivity index (χ1v) is 3.69. The van der Waals surface area contributed by atoms with Gasteiger partial charge in [0.05, 0.1) is 11.9 Å². The van der Waals surface area contributed by atoms with E-state index in [0.29, 0.717) is 5.69 Å². The van der Waals surface area contributed by atoms with E-state index in [0.717, 1.165) is 0 Å². The van der Waals surface area contributed by atoms with Crippen LogP contribution in [0.5, 0.6) is 0 Å². The fraction of sp³-hybridized carbons (Fsp3) is 0.333. The van der Waals surface area contributed by atoms with Gasteiger partial charge in [0.2, 0.25) is 0 Å². The van der Waals surface area contributed by atoms with E-state index in [1.54, 1.807) is 7.05 Å². The topological polar surface area (TPSA) is 59.0 Å². The zero-order valence-electron chi connectivity index (χ0n) is 6.76. The monoisotopic (exact) mass is 188 g/mol. The zero-order chi connectivity index (χ0) is 9.14. The lowest BCUT2D eigenvalue weighted by Gasteiger charge is -2.05. The molecule has 1 aromatic rings. The Bertz CT molecular complexity index is 335. The largest absolute Gasteiger partial charge is 0.319 e. The number of hydrogen-bond acceptors (Lipinski definition) is 4. The van der Waals surface area contributed by atoms with Crippen molar-refractivity contribution < 1.29 is 0 Å². The summed E-state index contributed by atoms with van der Waals surface area (Å²) in [5.74, 6) is 0. The molecule has 1 aromatic heterocycles. The number of aryl methyl sites for hydroxylation is 1. The summed E-state index contributed by atoms with van der Waals surface area (Å²) in [7, 11) is 3.21. The van der Waals surface area contributed by atoms with Gasteiger partial charge < -0.3 is 5.43 Å². The Morgan fingerprint density at radius 1 is 1.67 bits per heavy atom. The van der Waals surface area contributed by atoms with E-state index in [-0.39, 0.29) is 10.6 Å². The molecule has 12 heavy (non-hydrogen) atoms. The van der Waals surface area contributed by atoms with E-state index < -0.39 is 0 Å². The van der Waals surface area contributed by atoms with Crippen LogP contribution in [0.1, 0.15) is 0 Å². The van der Waals surface area contributed by atoms with Gasteiger partial charge in [-0.05, 0) is 0 Å². The Kier molecular flexibility index (Phi) is 2.67. The number of anilines is 1. The van der Waals surface area contributed by atoms with Crippen LogP contribution in [0.15, 0.2) is 11.0 Å². The Labute approximate surface area is 74.3 Å². The Morgan fingerprint density at radius 3 is 2.92 bits per heavy atom. The third-order valence-electron chi connectivity index (χ3n) is 1.34. The van der Waals surface area contributed by atoms with Crippen molar-refractivity contribution >= 4 is 17.3 Å². The predicted octanol–water partition coefficient (Wildman–Crippen LogP) is -0.0200. The molecule has 0 aromatic carbocycles. The number of nitrogens with zero attached hydrogens (tertiary/aromatic N) is 2. The van der Waals surface area contributed by atoms with Crippen LogP contribution in [-0.2, 0) is 7.05 Å². The number of rotatable bonds is 2. The van der Waals surface area contributed by atoms with Crippen LogP contribution in [-0.4, -0.2) is 16.8 Å². The molecule has 0 fully saturated rings. The van der Waals surface area contributed by atoms with Gasteiger partial charge in [0.1, 0.15) is 5.02 Å². The number of halogens is 1. The summed E-state index contributed by atoms with van der Waals surface area (Å²) in [6, 6.07) is 0. The summed E-state index contributed by atoms with van der Waals surface area (Å²) in [4.78, 5) is 11.2. The number of hydrazine groups is 1. The molecule has 1 heterocycles. The van der Waals surface area contributed by atoms with Gasteiger partial charge in [-0.25, -0.2) is 10.1 Å².